The van der Waals surface area contributed by atoms with Crippen molar-refractivity contribution in [3.8, 4) is 0 Å². The van der Waals surface area contributed by atoms with E-state index in [0.29, 0.717) is 4.47 Å². The van der Waals surface area contributed by atoms with E-state index in [1.165, 1.54) is 12.1 Å². The topological polar surface area (TPSA) is 66.4 Å². The minimum atomic E-state index is -1.28. The fourth-order valence-corrected chi connectivity index (χ4v) is 2.04. The number of hydrogen-bond acceptors (Lipinski definition) is 2. The Bertz CT molecular complexity index is 734. The van der Waals surface area contributed by atoms with Crippen LogP contribution in [0.5, 0.6) is 0 Å². The molecule has 0 radical (unpaired) electrons. The van der Waals surface area contributed by atoms with Crippen LogP contribution < -0.4 is 5.32 Å². The molecule has 0 fully saturated rings. The van der Waals surface area contributed by atoms with Crippen LogP contribution >= 0.6 is 15.9 Å². The second-order valence-electron chi connectivity index (χ2n) is 4.08. The van der Waals surface area contributed by atoms with Crippen LogP contribution in [0.4, 0.5) is 14.5 Å². The zero-order valence-electron chi connectivity index (χ0n) is 10.4. The fraction of sp³-hybridized carbons (Fsp3) is 0. The number of carbonyl (C=O) groups excluding carboxylic acids is 1. The fourth-order valence-electron chi connectivity index (χ4n) is 1.61. The molecule has 2 N–H and O–H groups in total. The number of amides is 1. The number of carboxylic acid groups (broad SMARTS) is 1. The van der Waals surface area contributed by atoms with E-state index in [1.807, 2.05) is 0 Å². The molecular formula is C14H8BrF2NO3. The Kier molecular flexibility index (Phi) is 4.32. The predicted molar refractivity (Wildman–Crippen MR) is 75.4 cm³/mol. The maximum Gasteiger partial charge on any atom is 0.335 e. The van der Waals surface area contributed by atoms with Crippen molar-refractivity contribution in [2.24, 2.45) is 0 Å². The van der Waals surface area contributed by atoms with Gasteiger partial charge in [0.2, 0.25) is 0 Å². The lowest BCUT2D eigenvalue weighted by Crippen LogP contribution is -2.14. The van der Waals surface area contributed by atoms with Crippen molar-refractivity contribution in [3.05, 3.63) is 63.6 Å². The monoisotopic (exact) mass is 355 g/mol. The third kappa shape index (κ3) is 3.43. The van der Waals surface area contributed by atoms with E-state index in [1.54, 1.807) is 0 Å². The van der Waals surface area contributed by atoms with Gasteiger partial charge in [0.1, 0.15) is 11.6 Å². The van der Waals surface area contributed by atoms with Crippen molar-refractivity contribution in [2.75, 3.05) is 5.32 Å². The van der Waals surface area contributed by atoms with Crippen LogP contribution in [-0.4, -0.2) is 17.0 Å². The van der Waals surface area contributed by atoms with Crippen LogP contribution in [0, 0.1) is 11.6 Å². The molecule has 2 aromatic rings. The molecule has 0 heterocycles. The van der Waals surface area contributed by atoms with E-state index < -0.39 is 23.5 Å². The quantitative estimate of drug-likeness (QED) is 0.882. The zero-order chi connectivity index (χ0) is 15.6. The smallest absolute Gasteiger partial charge is 0.335 e. The summed E-state index contributed by atoms with van der Waals surface area (Å²) in [6.07, 6.45) is 0. The lowest BCUT2D eigenvalue weighted by atomic mass is 10.1. The Balaban J connectivity index is 2.27. The molecule has 2 aromatic carbocycles. The van der Waals surface area contributed by atoms with E-state index >= 15 is 0 Å². The lowest BCUT2D eigenvalue weighted by Gasteiger charge is -2.08. The van der Waals surface area contributed by atoms with Crippen molar-refractivity contribution < 1.29 is 23.5 Å². The average molecular weight is 356 g/mol. The van der Waals surface area contributed by atoms with Crippen molar-refractivity contribution in [3.63, 3.8) is 0 Å². The van der Waals surface area contributed by atoms with Gasteiger partial charge >= 0.3 is 5.97 Å². The van der Waals surface area contributed by atoms with Gasteiger partial charge in [-0.15, -0.1) is 0 Å². The number of benzene rings is 2. The van der Waals surface area contributed by atoms with Crippen molar-refractivity contribution >= 4 is 33.5 Å². The van der Waals surface area contributed by atoms with Gasteiger partial charge in [-0.2, -0.15) is 0 Å². The maximum atomic E-state index is 13.7. The third-order valence-corrected chi connectivity index (χ3v) is 3.33. The SMILES string of the molecule is O=C(O)c1ccc(NC(=O)c2cc(F)ccc2Br)c(F)c1. The first-order chi connectivity index (χ1) is 9.88. The highest BCUT2D eigenvalue weighted by atomic mass is 79.9. The van der Waals surface area contributed by atoms with E-state index in [9.17, 15) is 18.4 Å². The summed E-state index contributed by atoms with van der Waals surface area (Å²) in [6, 6.07) is 6.60. The Morgan fingerprint density at radius 1 is 1.10 bits per heavy atom. The van der Waals surface area contributed by atoms with Crippen LogP contribution in [0.25, 0.3) is 0 Å². The van der Waals surface area contributed by atoms with E-state index in [0.717, 1.165) is 24.3 Å². The van der Waals surface area contributed by atoms with Gasteiger partial charge in [-0.05, 0) is 52.3 Å². The number of anilines is 1. The normalized spacial score (nSPS) is 10.2. The summed E-state index contributed by atoms with van der Waals surface area (Å²) in [6.45, 7) is 0. The standard InChI is InChI=1S/C14H8BrF2NO3/c15-10-3-2-8(16)6-9(10)13(19)18-12-4-1-7(14(20)21)5-11(12)17/h1-6H,(H,18,19)(H,20,21). The first kappa shape index (κ1) is 15.1. The summed E-state index contributed by atoms with van der Waals surface area (Å²) in [5, 5.41) is 11.0. The molecule has 0 atom stereocenters. The second kappa shape index (κ2) is 6.01. The summed E-state index contributed by atoms with van der Waals surface area (Å²) in [5.41, 5.74) is -0.435. The molecule has 0 aliphatic heterocycles. The largest absolute Gasteiger partial charge is 0.478 e. The number of hydrogen-bond donors (Lipinski definition) is 2. The van der Waals surface area contributed by atoms with Gasteiger partial charge < -0.3 is 10.4 Å². The van der Waals surface area contributed by atoms with Crippen LogP contribution in [0.2, 0.25) is 0 Å². The molecule has 0 aliphatic rings. The van der Waals surface area contributed by atoms with Crippen molar-refractivity contribution in [1.82, 2.24) is 0 Å². The number of carbonyl (C=O) groups is 2. The van der Waals surface area contributed by atoms with Crippen LogP contribution in [0.15, 0.2) is 40.9 Å². The number of carboxylic acids is 1. The van der Waals surface area contributed by atoms with Gasteiger partial charge in [0.15, 0.2) is 0 Å². The Morgan fingerprint density at radius 3 is 2.43 bits per heavy atom. The molecule has 0 aliphatic carbocycles. The molecule has 0 saturated carbocycles. The maximum absolute atomic E-state index is 13.7. The van der Waals surface area contributed by atoms with Gasteiger partial charge in [0, 0.05) is 4.47 Å². The number of halogens is 3. The van der Waals surface area contributed by atoms with Crippen molar-refractivity contribution in [1.29, 1.82) is 0 Å². The molecule has 21 heavy (non-hydrogen) atoms. The summed E-state index contributed by atoms with van der Waals surface area (Å²) in [7, 11) is 0. The van der Waals surface area contributed by atoms with E-state index in [2.05, 4.69) is 21.2 Å². The minimum Gasteiger partial charge on any atom is -0.478 e. The lowest BCUT2D eigenvalue weighted by molar-refractivity contribution is 0.0696. The Hall–Kier alpha value is -2.28. The first-order valence-corrected chi connectivity index (χ1v) is 6.47. The summed E-state index contributed by atoms with van der Waals surface area (Å²) in [4.78, 5) is 22.7. The molecular weight excluding hydrogens is 348 g/mol. The predicted octanol–water partition coefficient (Wildman–Crippen LogP) is 3.68. The third-order valence-electron chi connectivity index (χ3n) is 2.64. The highest BCUT2D eigenvalue weighted by Gasteiger charge is 2.14. The van der Waals surface area contributed by atoms with Gasteiger partial charge in [0.05, 0.1) is 16.8 Å². The molecule has 0 aromatic heterocycles. The molecule has 0 unspecified atom stereocenters. The van der Waals surface area contributed by atoms with Crippen molar-refractivity contribution in [2.45, 2.75) is 0 Å². The van der Waals surface area contributed by atoms with Crippen LogP contribution in [0.3, 0.4) is 0 Å². The molecule has 4 nitrogen and oxygen atoms in total. The minimum absolute atomic E-state index is 0.00305. The Morgan fingerprint density at radius 2 is 1.81 bits per heavy atom. The van der Waals surface area contributed by atoms with E-state index in [-0.39, 0.29) is 16.8 Å². The van der Waals surface area contributed by atoms with Gasteiger partial charge in [-0.25, -0.2) is 13.6 Å². The molecule has 0 bridgehead atoms. The molecule has 0 saturated heterocycles. The first-order valence-electron chi connectivity index (χ1n) is 5.67. The molecule has 2 rings (SSSR count). The summed E-state index contributed by atoms with van der Waals surface area (Å²) < 4.78 is 27.2. The summed E-state index contributed by atoms with van der Waals surface area (Å²) >= 11 is 3.09. The zero-order valence-corrected chi connectivity index (χ0v) is 11.9. The molecule has 7 heteroatoms. The van der Waals surface area contributed by atoms with Gasteiger partial charge in [-0.1, -0.05) is 0 Å². The Labute approximate surface area is 126 Å². The highest BCUT2D eigenvalue weighted by molar-refractivity contribution is 9.10. The van der Waals surface area contributed by atoms with E-state index in [4.69, 9.17) is 5.11 Å². The van der Waals surface area contributed by atoms with Gasteiger partial charge in [-0.3, -0.25) is 4.79 Å². The molecule has 1 amide bonds. The average Bonchev–Trinajstić information content (AvgIpc) is 2.43. The van der Waals surface area contributed by atoms with Crippen LogP contribution in [0.1, 0.15) is 20.7 Å². The van der Waals surface area contributed by atoms with Crippen LogP contribution in [-0.2, 0) is 0 Å². The summed E-state index contributed by atoms with van der Waals surface area (Å²) in [5.74, 6) is -3.50. The second-order valence-corrected chi connectivity index (χ2v) is 4.93. The molecule has 108 valence electrons. The molecule has 0 spiro atoms. The highest BCUT2D eigenvalue weighted by Crippen LogP contribution is 2.21. The van der Waals surface area contributed by atoms with Gasteiger partial charge in [0.25, 0.3) is 5.91 Å². The number of rotatable bonds is 3. The number of nitrogens with one attached hydrogen (secondary N) is 1. The number of aromatic carboxylic acids is 1.